The molecule has 2 aliphatic carbocycles. The van der Waals surface area contributed by atoms with Crippen molar-refractivity contribution in [1.29, 1.82) is 0 Å². The lowest BCUT2D eigenvalue weighted by molar-refractivity contribution is 0.0220. The SMILES string of the molecule is Cc1nnc(NC(=O)c2ccc(F)c([C@@H]3C[C@H]3N(CC3CC3)C(=O)OC(C)(C)C)c2)s1. The van der Waals surface area contributed by atoms with Gasteiger partial charge in [-0.3, -0.25) is 10.1 Å². The maximum Gasteiger partial charge on any atom is 0.410 e. The summed E-state index contributed by atoms with van der Waals surface area (Å²) >= 11 is 1.27. The average molecular weight is 447 g/mol. The largest absolute Gasteiger partial charge is 0.444 e. The van der Waals surface area contributed by atoms with Crippen molar-refractivity contribution in [3.63, 3.8) is 0 Å². The van der Waals surface area contributed by atoms with Crippen LogP contribution in [0.5, 0.6) is 0 Å². The van der Waals surface area contributed by atoms with Gasteiger partial charge in [-0.1, -0.05) is 11.3 Å². The van der Waals surface area contributed by atoms with Gasteiger partial charge in [-0.15, -0.1) is 10.2 Å². The molecule has 0 aliphatic heterocycles. The number of hydrogen-bond acceptors (Lipinski definition) is 6. The zero-order valence-corrected chi connectivity index (χ0v) is 19.0. The molecular weight excluding hydrogens is 419 g/mol. The van der Waals surface area contributed by atoms with E-state index in [1.54, 1.807) is 17.9 Å². The van der Waals surface area contributed by atoms with Crippen molar-refractivity contribution < 1.29 is 18.7 Å². The standard InChI is InChI=1S/C22H27FN4O3S/c1-12-25-26-20(31-12)24-19(28)14-7-8-17(23)15(9-14)16-10-18(16)27(11-13-5-6-13)21(29)30-22(2,3)4/h7-9,13,16,18H,5-6,10-11H2,1-4H3,(H,24,26,28)/t16-,18+/m0/s1. The number of benzene rings is 1. The predicted molar refractivity (Wildman–Crippen MR) is 116 cm³/mol. The maximum atomic E-state index is 14.7. The minimum atomic E-state index is -0.588. The second kappa shape index (κ2) is 8.18. The highest BCUT2D eigenvalue weighted by molar-refractivity contribution is 7.15. The Morgan fingerprint density at radius 1 is 1.29 bits per heavy atom. The third kappa shape index (κ3) is 5.39. The molecule has 0 unspecified atom stereocenters. The molecular formula is C22H27FN4O3S. The summed E-state index contributed by atoms with van der Waals surface area (Å²) < 4.78 is 20.2. The Hall–Kier alpha value is -2.55. The number of hydrogen-bond donors (Lipinski definition) is 1. The molecule has 1 heterocycles. The zero-order valence-electron chi connectivity index (χ0n) is 18.1. The van der Waals surface area contributed by atoms with Crippen LogP contribution < -0.4 is 5.32 Å². The summed E-state index contributed by atoms with van der Waals surface area (Å²) in [5, 5.41) is 11.6. The normalized spacial score (nSPS) is 20.3. The molecule has 4 rings (SSSR count). The summed E-state index contributed by atoms with van der Waals surface area (Å²) in [7, 11) is 0. The second-order valence-electron chi connectivity index (χ2n) is 9.30. The molecule has 1 aromatic carbocycles. The molecule has 2 atom stereocenters. The molecule has 0 bridgehead atoms. The van der Waals surface area contributed by atoms with Gasteiger partial charge in [-0.25, -0.2) is 9.18 Å². The van der Waals surface area contributed by atoms with Gasteiger partial charge in [-0.2, -0.15) is 0 Å². The number of nitrogens with one attached hydrogen (secondary N) is 1. The van der Waals surface area contributed by atoms with Gasteiger partial charge in [0, 0.05) is 24.1 Å². The van der Waals surface area contributed by atoms with E-state index >= 15 is 0 Å². The van der Waals surface area contributed by atoms with Crippen LogP contribution in [0.15, 0.2) is 18.2 Å². The van der Waals surface area contributed by atoms with Crippen LogP contribution in [0.4, 0.5) is 14.3 Å². The molecule has 2 saturated carbocycles. The number of aromatic nitrogens is 2. The fourth-order valence-corrected chi connectivity index (χ4v) is 4.18. The van der Waals surface area contributed by atoms with Crippen molar-refractivity contribution in [1.82, 2.24) is 15.1 Å². The molecule has 31 heavy (non-hydrogen) atoms. The molecule has 7 nitrogen and oxygen atoms in total. The number of halogens is 1. The van der Waals surface area contributed by atoms with Crippen molar-refractivity contribution in [3.8, 4) is 0 Å². The van der Waals surface area contributed by atoms with Crippen LogP contribution in [0.3, 0.4) is 0 Å². The van der Waals surface area contributed by atoms with Gasteiger partial charge in [0.25, 0.3) is 5.91 Å². The molecule has 1 N–H and O–H groups in total. The molecule has 2 aromatic rings. The van der Waals surface area contributed by atoms with E-state index in [-0.39, 0.29) is 29.8 Å². The predicted octanol–water partition coefficient (Wildman–Crippen LogP) is 4.74. The third-order valence-electron chi connectivity index (χ3n) is 5.34. The highest BCUT2D eigenvalue weighted by atomic mass is 32.1. The molecule has 9 heteroatoms. The van der Waals surface area contributed by atoms with Crippen molar-refractivity contribution in [2.24, 2.45) is 5.92 Å². The van der Waals surface area contributed by atoms with Gasteiger partial charge >= 0.3 is 6.09 Å². The van der Waals surface area contributed by atoms with E-state index in [1.165, 1.54) is 23.5 Å². The van der Waals surface area contributed by atoms with Crippen LogP contribution in [0.2, 0.25) is 0 Å². The van der Waals surface area contributed by atoms with E-state index in [0.717, 1.165) is 17.8 Å². The van der Waals surface area contributed by atoms with Gasteiger partial charge in [-0.05, 0) is 76.6 Å². The van der Waals surface area contributed by atoms with Gasteiger partial charge in [0.05, 0.1) is 0 Å². The van der Waals surface area contributed by atoms with Gasteiger partial charge in [0.1, 0.15) is 16.4 Å². The number of nitrogens with zero attached hydrogens (tertiary/aromatic N) is 3. The number of carbonyl (C=O) groups excluding carboxylic acids is 2. The molecule has 2 fully saturated rings. The topological polar surface area (TPSA) is 84.4 Å². The summed E-state index contributed by atoms with van der Waals surface area (Å²) in [6, 6.07) is 4.22. The highest BCUT2D eigenvalue weighted by Crippen LogP contribution is 2.47. The number of amides is 2. The Morgan fingerprint density at radius 3 is 2.65 bits per heavy atom. The quantitative estimate of drug-likeness (QED) is 0.693. The van der Waals surface area contributed by atoms with Crippen molar-refractivity contribution in [2.75, 3.05) is 11.9 Å². The molecule has 0 saturated heterocycles. The molecule has 166 valence electrons. The van der Waals surface area contributed by atoms with Crippen molar-refractivity contribution >= 4 is 28.5 Å². The highest BCUT2D eigenvalue weighted by Gasteiger charge is 2.48. The summed E-state index contributed by atoms with van der Waals surface area (Å²) in [4.78, 5) is 27.1. The lowest BCUT2D eigenvalue weighted by Crippen LogP contribution is -2.40. The Bertz CT molecular complexity index is 999. The monoisotopic (exact) mass is 446 g/mol. The Kier molecular flexibility index (Phi) is 5.72. The first-order valence-corrected chi connectivity index (χ1v) is 11.3. The smallest absolute Gasteiger partial charge is 0.410 e. The van der Waals surface area contributed by atoms with E-state index in [9.17, 15) is 14.0 Å². The molecule has 0 spiro atoms. The van der Waals surface area contributed by atoms with E-state index in [0.29, 0.717) is 35.1 Å². The van der Waals surface area contributed by atoms with Gasteiger partial charge < -0.3 is 9.64 Å². The lowest BCUT2D eigenvalue weighted by Gasteiger charge is -2.28. The van der Waals surface area contributed by atoms with E-state index in [4.69, 9.17) is 4.74 Å². The molecule has 1 aromatic heterocycles. The first-order valence-electron chi connectivity index (χ1n) is 10.5. The van der Waals surface area contributed by atoms with E-state index in [2.05, 4.69) is 15.5 Å². The van der Waals surface area contributed by atoms with Crippen LogP contribution in [-0.4, -0.2) is 45.3 Å². The first kappa shape index (κ1) is 21.7. The second-order valence-corrected chi connectivity index (χ2v) is 10.5. The minimum absolute atomic E-state index is 0.117. The van der Waals surface area contributed by atoms with Crippen molar-refractivity contribution in [2.45, 2.75) is 64.5 Å². The van der Waals surface area contributed by atoms with Gasteiger partial charge in [0.2, 0.25) is 5.13 Å². The summed E-state index contributed by atoms with van der Waals surface area (Å²) in [6.45, 7) is 7.95. The van der Waals surface area contributed by atoms with Crippen LogP contribution in [-0.2, 0) is 4.74 Å². The number of anilines is 1. The van der Waals surface area contributed by atoms with E-state index in [1.807, 2.05) is 20.8 Å². The number of ether oxygens (including phenoxy) is 1. The van der Waals surface area contributed by atoms with E-state index < -0.39 is 5.60 Å². The molecule has 2 amide bonds. The third-order valence-corrected chi connectivity index (χ3v) is 6.10. The van der Waals surface area contributed by atoms with Crippen LogP contribution in [0.25, 0.3) is 0 Å². The number of carbonyl (C=O) groups is 2. The Labute approximate surface area is 185 Å². The summed E-state index contributed by atoms with van der Waals surface area (Å²) in [6.07, 6.45) is 2.51. The van der Waals surface area contributed by atoms with Crippen molar-refractivity contribution in [3.05, 3.63) is 40.2 Å². The Morgan fingerprint density at radius 2 is 2.03 bits per heavy atom. The average Bonchev–Trinajstić information content (AvgIpc) is 3.58. The summed E-state index contributed by atoms with van der Waals surface area (Å²) in [5.74, 6) is -0.392. The van der Waals surface area contributed by atoms with Gasteiger partial charge in [0.15, 0.2) is 0 Å². The minimum Gasteiger partial charge on any atom is -0.444 e. The Balaban J connectivity index is 1.49. The molecule has 0 radical (unpaired) electrons. The summed E-state index contributed by atoms with van der Waals surface area (Å²) in [5.41, 5.74) is 0.214. The van der Waals surface area contributed by atoms with Crippen LogP contribution in [0, 0.1) is 18.7 Å². The zero-order chi connectivity index (χ0) is 22.3. The molecule has 2 aliphatic rings. The first-order chi connectivity index (χ1) is 14.6. The maximum absolute atomic E-state index is 14.7. The van der Waals surface area contributed by atoms with Crippen LogP contribution >= 0.6 is 11.3 Å². The fraction of sp³-hybridized carbons (Fsp3) is 0.545. The number of rotatable bonds is 6. The number of aryl methyl sites for hydroxylation is 1. The van der Waals surface area contributed by atoms with Crippen LogP contribution in [0.1, 0.15) is 66.9 Å². The fourth-order valence-electron chi connectivity index (χ4n) is 3.59. The lowest BCUT2D eigenvalue weighted by atomic mass is 10.1.